The molecule has 1 nitrogen and oxygen atoms in total. The highest BCUT2D eigenvalue weighted by atomic mass is 15.2. The van der Waals surface area contributed by atoms with E-state index in [0.717, 1.165) is 0 Å². The highest BCUT2D eigenvalue weighted by molar-refractivity contribution is 5.66. The zero-order valence-corrected chi connectivity index (χ0v) is 12.3. The van der Waals surface area contributed by atoms with Gasteiger partial charge in [0.25, 0.3) is 0 Å². The molecule has 0 heterocycles. The topological polar surface area (TPSA) is 3.24 Å². The molecule has 0 aliphatic carbocycles. The largest absolute Gasteiger partial charge is 0.367 e. The first-order valence-corrected chi connectivity index (χ1v) is 7.03. The lowest BCUT2D eigenvalue weighted by molar-refractivity contribution is 0.608. The Hall–Kier alpha value is -1.76. The number of hydrogen-bond donors (Lipinski definition) is 0. The van der Waals surface area contributed by atoms with Crippen LogP contribution in [0.1, 0.15) is 27.7 Å². The van der Waals surface area contributed by atoms with E-state index in [4.69, 9.17) is 0 Å². The van der Waals surface area contributed by atoms with Crippen LogP contribution in [-0.2, 0) is 0 Å². The minimum Gasteiger partial charge on any atom is -0.367 e. The van der Waals surface area contributed by atoms with Crippen LogP contribution in [0.4, 0.5) is 5.69 Å². The lowest BCUT2D eigenvalue weighted by Gasteiger charge is -2.33. The quantitative estimate of drug-likeness (QED) is 0.743. The summed E-state index contributed by atoms with van der Waals surface area (Å²) in [5, 5.41) is 0. The Kier molecular flexibility index (Phi) is 4.26. The fourth-order valence-electron chi connectivity index (χ4n) is 2.65. The third-order valence-corrected chi connectivity index (χ3v) is 3.39. The molecule has 2 rings (SSSR count). The van der Waals surface area contributed by atoms with E-state index >= 15 is 0 Å². The molecule has 0 aliphatic rings. The summed E-state index contributed by atoms with van der Waals surface area (Å²) in [6, 6.07) is 20.4. The lowest BCUT2D eigenvalue weighted by atomic mass is 10.0. The summed E-state index contributed by atoms with van der Waals surface area (Å²) in [4.78, 5) is 2.44. The molecule has 1 heteroatoms. The number of nitrogens with zero attached hydrogens (tertiary/aromatic N) is 1. The van der Waals surface area contributed by atoms with Crippen molar-refractivity contribution < 1.29 is 0 Å². The first-order chi connectivity index (χ1) is 9.09. The van der Waals surface area contributed by atoms with Gasteiger partial charge in [-0.15, -0.1) is 0 Å². The van der Waals surface area contributed by atoms with Crippen LogP contribution >= 0.6 is 0 Å². The molecule has 0 radical (unpaired) electrons. The van der Waals surface area contributed by atoms with E-state index in [1.54, 1.807) is 0 Å². The van der Waals surface area contributed by atoms with Crippen molar-refractivity contribution in [3.05, 3.63) is 54.6 Å². The van der Waals surface area contributed by atoms with Crippen molar-refractivity contribution in [2.45, 2.75) is 39.8 Å². The molecule has 0 amide bonds. The number of anilines is 1. The van der Waals surface area contributed by atoms with E-state index in [1.165, 1.54) is 16.8 Å². The molecule has 0 saturated carbocycles. The van der Waals surface area contributed by atoms with Crippen LogP contribution in [0.25, 0.3) is 11.1 Å². The summed E-state index contributed by atoms with van der Waals surface area (Å²) >= 11 is 0. The van der Waals surface area contributed by atoms with E-state index in [1.807, 2.05) is 0 Å². The number of rotatable bonds is 4. The molecule has 0 aliphatic heterocycles. The molecule has 19 heavy (non-hydrogen) atoms. The molecular weight excluding hydrogens is 230 g/mol. The van der Waals surface area contributed by atoms with E-state index in [2.05, 4.69) is 87.2 Å². The van der Waals surface area contributed by atoms with Gasteiger partial charge in [-0.3, -0.25) is 0 Å². The molecule has 0 spiro atoms. The second-order valence-corrected chi connectivity index (χ2v) is 5.51. The van der Waals surface area contributed by atoms with Gasteiger partial charge in [-0.25, -0.2) is 0 Å². The molecule has 0 aromatic heterocycles. The minimum absolute atomic E-state index is 0.516. The zero-order valence-electron chi connectivity index (χ0n) is 12.3. The van der Waals surface area contributed by atoms with E-state index < -0.39 is 0 Å². The van der Waals surface area contributed by atoms with Crippen LogP contribution < -0.4 is 4.90 Å². The highest BCUT2D eigenvalue weighted by Gasteiger charge is 2.13. The van der Waals surface area contributed by atoms with E-state index in [-0.39, 0.29) is 0 Å². The number of benzene rings is 2. The molecule has 100 valence electrons. The van der Waals surface area contributed by atoms with Gasteiger partial charge in [0.05, 0.1) is 0 Å². The summed E-state index contributed by atoms with van der Waals surface area (Å²) in [6.07, 6.45) is 0. The van der Waals surface area contributed by atoms with Gasteiger partial charge >= 0.3 is 0 Å². The molecular formula is C18H23N. The number of hydrogen-bond acceptors (Lipinski definition) is 1. The van der Waals surface area contributed by atoms with Gasteiger partial charge in [-0.1, -0.05) is 42.5 Å². The van der Waals surface area contributed by atoms with Gasteiger partial charge in [-0.2, -0.15) is 0 Å². The Morgan fingerprint density at radius 1 is 0.632 bits per heavy atom. The Morgan fingerprint density at radius 2 is 1.11 bits per heavy atom. The molecule has 0 fully saturated rings. The SMILES string of the molecule is CC(C)N(c1ccc(-c2ccccc2)cc1)C(C)C. The molecule has 2 aromatic carbocycles. The van der Waals surface area contributed by atoms with E-state index in [0.29, 0.717) is 12.1 Å². The second kappa shape index (κ2) is 5.92. The van der Waals surface area contributed by atoms with Crippen molar-refractivity contribution in [2.24, 2.45) is 0 Å². The summed E-state index contributed by atoms with van der Waals surface area (Å²) < 4.78 is 0. The van der Waals surface area contributed by atoms with Crippen LogP contribution in [0.5, 0.6) is 0 Å². The zero-order chi connectivity index (χ0) is 13.8. The Morgan fingerprint density at radius 3 is 1.58 bits per heavy atom. The fourth-order valence-corrected chi connectivity index (χ4v) is 2.65. The van der Waals surface area contributed by atoms with Crippen LogP contribution in [0.3, 0.4) is 0 Å². The maximum absolute atomic E-state index is 2.44. The summed E-state index contributed by atoms with van der Waals surface area (Å²) in [7, 11) is 0. The minimum atomic E-state index is 0.516. The summed E-state index contributed by atoms with van der Waals surface area (Å²) in [5.41, 5.74) is 3.84. The second-order valence-electron chi connectivity index (χ2n) is 5.51. The Labute approximate surface area is 116 Å². The van der Waals surface area contributed by atoms with Crippen LogP contribution in [0.15, 0.2) is 54.6 Å². The van der Waals surface area contributed by atoms with Gasteiger partial charge in [0.2, 0.25) is 0 Å². The molecule has 0 unspecified atom stereocenters. The maximum atomic E-state index is 2.44. The third-order valence-electron chi connectivity index (χ3n) is 3.39. The summed E-state index contributed by atoms with van der Waals surface area (Å²) in [5.74, 6) is 0. The monoisotopic (exact) mass is 253 g/mol. The predicted octanol–water partition coefficient (Wildman–Crippen LogP) is 4.98. The standard InChI is InChI=1S/C18H23N/c1-14(2)19(15(3)4)18-12-10-17(11-13-18)16-8-6-5-7-9-16/h5-15H,1-4H3. The van der Waals surface area contributed by atoms with Gasteiger partial charge in [-0.05, 0) is 51.0 Å². The third kappa shape index (κ3) is 3.17. The average Bonchev–Trinajstić information content (AvgIpc) is 2.40. The Bertz CT molecular complexity index is 489. The van der Waals surface area contributed by atoms with Crippen molar-refractivity contribution in [3.63, 3.8) is 0 Å². The molecule has 2 aromatic rings. The van der Waals surface area contributed by atoms with Crippen molar-refractivity contribution in [3.8, 4) is 11.1 Å². The van der Waals surface area contributed by atoms with Crippen molar-refractivity contribution in [1.82, 2.24) is 0 Å². The van der Waals surface area contributed by atoms with Gasteiger partial charge in [0.15, 0.2) is 0 Å². The summed E-state index contributed by atoms with van der Waals surface area (Å²) in [6.45, 7) is 8.96. The fraction of sp³-hybridized carbons (Fsp3) is 0.333. The van der Waals surface area contributed by atoms with Crippen molar-refractivity contribution in [1.29, 1.82) is 0 Å². The van der Waals surface area contributed by atoms with Crippen molar-refractivity contribution in [2.75, 3.05) is 4.90 Å². The lowest BCUT2D eigenvalue weighted by Crippen LogP contribution is -2.36. The van der Waals surface area contributed by atoms with Gasteiger partial charge < -0.3 is 4.90 Å². The molecule has 0 bridgehead atoms. The first kappa shape index (κ1) is 13.7. The normalized spacial score (nSPS) is 11.1. The first-order valence-electron chi connectivity index (χ1n) is 7.03. The van der Waals surface area contributed by atoms with Gasteiger partial charge in [0, 0.05) is 17.8 Å². The molecule has 0 saturated heterocycles. The van der Waals surface area contributed by atoms with Gasteiger partial charge in [0.1, 0.15) is 0 Å². The van der Waals surface area contributed by atoms with Crippen LogP contribution in [0, 0.1) is 0 Å². The highest BCUT2D eigenvalue weighted by Crippen LogP contribution is 2.25. The molecule has 0 atom stereocenters. The Balaban J connectivity index is 2.28. The predicted molar refractivity (Wildman–Crippen MR) is 84.6 cm³/mol. The molecule has 0 N–H and O–H groups in total. The smallest absolute Gasteiger partial charge is 0.0371 e. The average molecular weight is 253 g/mol. The van der Waals surface area contributed by atoms with E-state index in [9.17, 15) is 0 Å². The maximum Gasteiger partial charge on any atom is 0.0371 e. The van der Waals surface area contributed by atoms with Crippen molar-refractivity contribution >= 4 is 5.69 Å². The van der Waals surface area contributed by atoms with Crippen LogP contribution in [0.2, 0.25) is 0 Å². The van der Waals surface area contributed by atoms with Crippen LogP contribution in [-0.4, -0.2) is 12.1 Å².